The van der Waals surface area contributed by atoms with Crippen LogP contribution in [0.2, 0.25) is 0 Å². The number of benzene rings is 2. The lowest BCUT2D eigenvalue weighted by Crippen LogP contribution is -2.22. The van der Waals surface area contributed by atoms with Crippen LogP contribution in [0.15, 0.2) is 52.7 Å². The van der Waals surface area contributed by atoms with Crippen molar-refractivity contribution in [2.75, 3.05) is 26.5 Å². The van der Waals surface area contributed by atoms with Crippen LogP contribution in [0, 0.1) is 0 Å². The number of amides is 1. The summed E-state index contributed by atoms with van der Waals surface area (Å²) in [5, 5.41) is 5.12. The van der Waals surface area contributed by atoms with Crippen LogP contribution in [-0.2, 0) is 10.0 Å². The second-order valence-corrected chi connectivity index (χ2v) is 10.4. The third-order valence-electron chi connectivity index (χ3n) is 4.76. The van der Waals surface area contributed by atoms with Crippen molar-refractivity contribution in [1.82, 2.24) is 9.29 Å². The minimum atomic E-state index is -3.65. The molecule has 3 aromatic rings. The maximum absolute atomic E-state index is 12.8. The van der Waals surface area contributed by atoms with Gasteiger partial charge in [0.05, 0.1) is 17.7 Å². The van der Waals surface area contributed by atoms with Gasteiger partial charge in [-0.15, -0.1) is 11.3 Å². The first-order valence-electron chi connectivity index (χ1n) is 9.61. The van der Waals surface area contributed by atoms with E-state index >= 15 is 0 Å². The van der Waals surface area contributed by atoms with Crippen LogP contribution in [-0.4, -0.2) is 44.8 Å². The van der Waals surface area contributed by atoms with E-state index in [1.54, 1.807) is 5.38 Å². The smallest absolute Gasteiger partial charge is 0.275 e. The van der Waals surface area contributed by atoms with Crippen LogP contribution in [0.25, 0.3) is 10.6 Å². The van der Waals surface area contributed by atoms with Crippen LogP contribution in [0.5, 0.6) is 5.75 Å². The lowest BCUT2D eigenvalue weighted by molar-refractivity contribution is 0.102. The predicted octanol–water partition coefficient (Wildman–Crippen LogP) is 4.44. The van der Waals surface area contributed by atoms with Gasteiger partial charge in [-0.1, -0.05) is 38.1 Å². The number of methoxy groups -OCH3 is 1. The molecule has 0 fully saturated rings. The van der Waals surface area contributed by atoms with E-state index in [-0.39, 0.29) is 16.3 Å². The Kier molecular flexibility index (Phi) is 6.78. The van der Waals surface area contributed by atoms with E-state index < -0.39 is 15.9 Å². The van der Waals surface area contributed by atoms with Crippen LogP contribution >= 0.6 is 11.3 Å². The van der Waals surface area contributed by atoms with Gasteiger partial charge in [0.15, 0.2) is 0 Å². The quantitative estimate of drug-likeness (QED) is 0.564. The fourth-order valence-corrected chi connectivity index (χ4v) is 4.60. The molecular weight excluding hydrogens is 434 g/mol. The highest BCUT2D eigenvalue weighted by Gasteiger charge is 2.21. The van der Waals surface area contributed by atoms with Crippen LogP contribution in [0.1, 0.15) is 35.8 Å². The molecule has 164 valence electrons. The molecule has 7 nitrogen and oxygen atoms in total. The van der Waals surface area contributed by atoms with Crippen molar-refractivity contribution in [2.24, 2.45) is 0 Å². The fourth-order valence-electron chi connectivity index (χ4n) is 2.86. The number of ether oxygens (including phenoxy) is 1. The number of hydrogen-bond donors (Lipinski definition) is 1. The van der Waals surface area contributed by atoms with Gasteiger partial charge in [-0.2, -0.15) is 0 Å². The molecule has 0 unspecified atom stereocenters. The first-order chi connectivity index (χ1) is 14.6. The molecule has 0 saturated heterocycles. The number of carbonyl (C=O) groups is 1. The van der Waals surface area contributed by atoms with E-state index in [1.165, 1.54) is 56.3 Å². The summed E-state index contributed by atoms with van der Waals surface area (Å²) in [5.74, 6) is 0.346. The molecule has 31 heavy (non-hydrogen) atoms. The van der Waals surface area contributed by atoms with Gasteiger partial charge in [0.2, 0.25) is 10.0 Å². The maximum Gasteiger partial charge on any atom is 0.275 e. The van der Waals surface area contributed by atoms with Gasteiger partial charge in [0.25, 0.3) is 5.91 Å². The Bertz CT molecular complexity index is 1180. The molecule has 0 bridgehead atoms. The Balaban J connectivity index is 1.85. The predicted molar refractivity (Wildman–Crippen MR) is 123 cm³/mol. The molecule has 3 rings (SSSR count). The number of rotatable bonds is 7. The van der Waals surface area contributed by atoms with Gasteiger partial charge < -0.3 is 10.1 Å². The van der Waals surface area contributed by atoms with Crippen LogP contribution < -0.4 is 10.1 Å². The summed E-state index contributed by atoms with van der Waals surface area (Å²) in [6, 6.07) is 12.4. The molecule has 1 aromatic heterocycles. The average molecular weight is 460 g/mol. The first kappa shape index (κ1) is 22.9. The highest BCUT2D eigenvalue weighted by atomic mass is 32.2. The van der Waals surface area contributed by atoms with Gasteiger partial charge in [-0.25, -0.2) is 17.7 Å². The van der Waals surface area contributed by atoms with Gasteiger partial charge >= 0.3 is 0 Å². The largest absolute Gasteiger partial charge is 0.495 e. The summed E-state index contributed by atoms with van der Waals surface area (Å²) in [5.41, 5.74) is 2.67. The molecule has 1 heterocycles. The molecule has 0 aliphatic rings. The Morgan fingerprint density at radius 1 is 1.13 bits per heavy atom. The summed E-state index contributed by atoms with van der Waals surface area (Å²) >= 11 is 1.37. The van der Waals surface area contributed by atoms with Gasteiger partial charge in [0, 0.05) is 25.0 Å². The highest BCUT2D eigenvalue weighted by Crippen LogP contribution is 2.30. The number of anilines is 1. The molecule has 0 aliphatic heterocycles. The molecule has 9 heteroatoms. The van der Waals surface area contributed by atoms with Crippen molar-refractivity contribution >= 4 is 33.0 Å². The van der Waals surface area contributed by atoms with E-state index in [0.717, 1.165) is 14.9 Å². The van der Waals surface area contributed by atoms with Crippen molar-refractivity contribution in [2.45, 2.75) is 24.7 Å². The van der Waals surface area contributed by atoms with E-state index in [9.17, 15) is 13.2 Å². The lowest BCUT2D eigenvalue weighted by Gasteiger charge is -2.14. The SMILES string of the molecule is COc1ccc(S(=O)(=O)N(C)C)cc1NC(=O)c1csc(-c2ccc(C(C)C)cc2)n1. The van der Waals surface area contributed by atoms with Gasteiger partial charge in [0.1, 0.15) is 16.5 Å². The van der Waals surface area contributed by atoms with Crippen molar-refractivity contribution in [1.29, 1.82) is 0 Å². The van der Waals surface area contributed by atoms with Crippen molar-refractivity contribution < 1.29 is 17.9 Å². The van der Waals surface area contributed by atoms with Crippen molar-refractivity contribution in [3.63, 3.8) is 0 Å². The normalized spacial score (nSPS) is 11.7. The average Bonchev–Trinajstić information content (AvgIpc) is 3.24. The molecule has 0 spiro atoms. The fraction of sp³-hybridized carbons (Fsp3) is 0.273. The van der Waals surface area contributed by atoms with E-state index in [0.29, 0.717) is 11.7 Å². The van der Waals surface area contributed by atoms with Crippen molar-refractivity contribution in [3.05, 3.63) is 59.1 Å². The van der Waals surface area contributed by atoms with Gasteiger partial charge in [-0.3, -0.25) is 4.79 Å². The standard InChI is InChI=1S/C22H25N3O4S2/c1-14(2)15-6-8-16(9-7-15)22-24-19(13-30-22)21(26)23-18-12-17(10-11-20(18)29-5)31(27,28)25(3)4/h6-14H,1-5H3,(H,23,26). The van der Waals surface area contributed by atoms with Crippen LogP contribution in [0.3, 0.4) is 0 Å². The second kappa shape index (κ2) is 9.17. The minimum absolute atomic E-state index is 0.0535. The third-order valence-corrected chi connectivity index (χ3v) is 7.46. The molecule has 0 saturated carbocycles. The molecule has 0 aliphatic carbocycles. The number of carbonyl (C=O) groups excluding carboxylic acids is 1. The highest BCUT2D eigenvalue weighted by molar-refractivity contribution is 7.89. The summed E-state index contributed by atoms with van der Waals surface area (Å²) in [7, 11) is 0.691. The number of nitrogens with zero attached hydrogens (tertiary/aromatic N) is 2. The van der Waals surface area contributed by atoms with E-state index in [2.05, 4.69) is 36.3 Å². The molecule has 2 aromatic carbocycles. The van der Waals surface area contributed by atoms with E-state index in [1.807, 2.05) is 12.1 Å². The number of hydrogen-bond acceptors (Lipinski definition) is 6. The number of thiazole rings is 1. The number of aromatic nitrogens is 1. The second-order valence-electron chi connectivity index (χ2n) is 7.42. The number of sulfonamides is 1. The zero-order valence-electron chi connectivity index (χ0n) is 18.0. The van der Waals surface area contributed by atoms with E-state index in [4.69, 9.17) is 4.74 Å². The summed E-state index contributed by atoms with van der Waals surface area (Å²) in [6.07, 6.45) is 0. The number of nitrogens with one attached hydrogen (secondary N) is 1. The van der Waals surface area contributed by atoms with Crippen molar-refractivity contribution in [3.8, 4) is 16.3 Å². The molecule has 0 atom stereocenters. The molecule has 1 N–H and O–H groups in total. The first-order valence-corrected chi connectivity index (χ1v) is 11.9. The summed E-state index contributed by atoms with van der Waals surface area (Å²) in [6.45, 7) is 4.27. The monoisotopic (exact) mass is 459 g/mol. The Morgan fingerprint density at radius 2 is 1.81 bits per heavy atom. The Labute approximate surface area is 186 Å². The summed E-state index contributed by atoms with van der Waals surface area (Å²) in [4.78, 5) is 17.3. The Morgan fingerprint density at radius 3 is 2.39 bits per heavy atom. The minimum Gasteiger partial charge on any atom is -0.495 e. The lowest BCUT2D eigenvalue weighted by atomic mass is 10.0. The zero-order valence-corrected chi connectivity index (χ0v) is 19.7. The molecule has 1 amide bonds. The third kappa shape index (κ3) is 4.95. The molecular formula is C22H25N3O4S2. The zero-order chi connectivity index (χ0) is 22.8. The maximum atomic E-state index is 12.8. The topological polar surface area (TPSA) is 88.6 Å². The molecule has 0 radical (unpaired) electrons. The summed E-state index contributed by atoms with van der Waals surface area (Å²) < 4.78 is 31.2. The van der Waals surface area contributed by atoms with Gasteiger partial charge in [-0.05, 0) is 29.7 Å². The Hall–Kier alpha value is -2.75. The van der Waals surface area contributed by atoms with Crippen LogP contribution in [0.4, 0.5) is 5.69 Å².